The molecule has 3 heterocycles. The van der Waals surface area contributed by atoms with Crippen LogP contribution >= 0.6 is 23.1 Å². The summed E-state index contributed by atoms with van der Waals surface area (Å²) in [7, 11) is 1.58. The molecular formula is C21H23N3O3S2. The molecule has 0 saturated carbocycles. The zero-order chi connectivity index (χ0) is 20.4. The molecule has 0 aliphatic carbocycles. The second kappa shape index (κ2) is 8.59. The number of likely N-dealkylation sites (tertiary alicyclic amines) is 1. The molecule has 1 saturated heterocycles. The number of thiophene rings is 1. The van der Waals surface area contributed by atoms with E-state index in [2.05, 4.69) is 6.92 Å². The van der Waals surface area contributed by atoms with E-state index in [-0.39, 0.29) is 23.3 Å². The minimum Gasteiger partial charge on any atom is -0.495 e. The van der Waals surface area contributed by atoms with Crippen LogP contribution in [0.5, 0.6) is 5.75 Å². The van der Waals surface area contributed by atoms with Crippen LogP contribution < -0.4 is 10.3 Å². The van der Waals surface area contributed by atoms with Gasteiger partial charge in [-0.25, -0.2) is 4.98 Å². The monoisotopic (exact) mass is 429 g/mol. The van der Waals surface area contributed by atoms with Gasteiger partial charge in [0, 0.05) is 12.6 Å². The van der Waals surface area contributed by atoms with Crippen LogP contribution in [-0.4, -0.2) is 45.8 Å². The van der Waals surface area contributed by atoms with E-state index in [9.17, 15) is 9.59 Å². The smallest absolute Gasteiger partial charge is 0.276 e. The maximum atomic E-state index is 13.2. The normalized spacial score (nSPS) is 16.9. The molecule has 1 fully saturated rings. The summed E-state index contributed by atoms with van der Waals surface area (Å²) in [6, 6.07) is 9.47. The third kappa shape index (κ3) is 3.91. The zero-order valence-electron chi connectivity index (χ0n) is 16.5. The molecule has 6 nitrogen and oxygen atoms in total. The fourth-order valence-corrected chi connectivity index (χ4v) is 5.34. The third-order valence-electron chi connectivity index (χ3n) is 5.22. The van der Waals surface area contributed by atoms with Crippen molar-refractivity contribution in [2.75, 3.05) is 19.4 Å². The van der Waals surface area contributed by atoms with Gasteiger partial charge in [-0.05, 0) is 49.8 Å². The van der Waals surface area contributed by atoms with Gasteiger partial charge in [-0.3, -0.25) is 14.2 Å². The Bertz CT molecular complexity index is 1090. The predicted molar refractivity (Wildman–Crippen MR) is 118 cm³/mol. The summed E-state index contributed by atoms with van der Waals surface area (Å²) in [4.78, 5) is 32.7. The van der Waals surface area contributed by atoms with Crippen molar-refractivity contribution in [3.8, 4) is 11.4 Å². The minimum atomic E-state index is -0.143. The highest BCUT2D eigenvalue weighted by Gasteiger charge is 2.24. The van der Waals surface area contributed by atoms with Crippen LogP contribution in [0.2, 0.25) is 0 Å². The van der Waals surface area contributed by atoms with Gasteiger partial charge in [0.05, 0.1) is 24.1 Å². The van der Waals surface area contributed by atoms with E-state index in [1.165, 1.54) is 29.5 Å². The maximum absolute atomic E-state index is 13.2. The summed E-state index contributed by atoms with van der Waals surface area (Å²) >= 11 is 2.68. The van der Waals surface area contributed by atoms with Gasteiger partial charge in [0.2, 0.25) is 5.91 Å². The summed E-state index contributed by atoms with van der Waals surface area (Å²) in [5, 5.41) is 2.36. The molecule has 1 aliphatic rings. The second-order valence-corrected chi connectivity index (χ2v) is 8.92. The van der Waals surface area contributed by atoms with Gasteiger partial charge in [0.15, 0.2) is 5.16 Å². The van der Waals surface area contributed by atoms with Crippen LogP contribution in [0.25, 0.3) is 15.9 Å². The third-order valence-corrected chi connectivity index (χ3v) is 7.04. The van der Waals surface area contributed by atoms with Crippen LogP contribution in [0.1, 0.15) is 26.2 Å². The minimum absolute atomic E-state index is 0.0911. The molecule has 4 rings (SSSR count). The number of carbonyl (C=O) groups excluding carboxylic acids is 1. The predicted octanol–water partition coefficient (Wildman–Crippen LogP) is 3.95. The number of benzene rings is 1. The molecule has 1 aliphatic heterocycles. The van der Waals surface area contributed by atoms with Gasteiger partial charge < -0.3 is 9.64 Å². The first-order valence-corrected chi connectivity index (χ1v) is 11.5. The lowest BCUT2D eigenvalue weighted by molar-refractivity contribution is -0.131. The standard InChI is InChI=1S/C21H23N3O3S2/c1-14-7-5-6-11-23(14)18(25)13-29-21-22-15-10-12-28-19(15)20(26)24(21)16-8-3-4-9-17(16)27-2/h3-4,8-10,12,14H,5-7,11,13H2,1-2H3. The Labute approximate surface area is 177 Å². The average molecular weight is 430 g/mol. The number of fused-ring (bicyclic) bond motifs is 1. The average Bonchev–Trinajstić information content (AvgIpc) is 3.21. The van der Waals surface area contributed by atoms with Gasteiger partial charge in [-0.15, -0.1) is 11.3 Å². The highest BCUT2D eigenvalue weighted by Crippen LogP contribution is 2.28. The number of carbonyl (C=O) groups is 1. The van der Waals surface area contributed by atoms with Gasteiger partial charge in [-0.2, -0.15) is 0 Å². The Kier molecular flexibility index (Phi) is 5.91. The molecule has 2 aromatic heterocycles. The second-order valence-electron chi connectivity index (χ2n) is 7.06. The first kappa shape index (κ1) is 20.0. The molecule has 1 atom stereocenters. The van der Waals surface area contributed by atoms with E-state index < -0.39 is 0 Å². The van der Waals surface area contributed by atoms with Gasteiger partial charge in [0.25, 0.3) is 5.56 Å². The Morgan fingerprint density at radius 3 is 2.93 bits per heavy atom. The fourth-order valence-electron chi connectivity index (χ4n) is 3.69. The number of methoxy groups -OCH3 is 1. The largest absolute Gasteiger partial charge is 0.495 e. The molecule has 1 unspecified atom stereocenters. The van der Waals surface area contributed by atoms with Crippen molar-refractivity contribution in [2.45, 2.75) is 37.4 Å². The van der Waals surface area contributed by atoms with Crippen molar-refractivity contribution < 1.29 is 9.53 Å². The van der Waals surface area contributed by atoms with Gasteiger partial charge in [-0.1, -0.05) is 23.9 Å². The number of thioether (sulfide) groups is 1. The topological polar surface area (TPSA) is 64.4 Å². The summed E-state index contributed by atoms with van der Waals surface area (Å²) in [5.41, 5.74) is 1.15. The fraction of sp³-hybridized carbons (Fsp3) is 0.381. The summed E-state index contributed by atoms with van der Waals surface area (Å²) in [5.74, 6) is 0.931. The van der Waals surface area contributed by atoms with Gasteiger partial charge in [0.1, 0.15) is 10.4 Å². The number of hydrogen-bond donors (Lipinski definition) is 0. The molecule has 29 heavy (non-hydrogen) atoms. The van der Waals surface area contributed by atoms with E-state index >= 15 is 0 Å². The number of amides is 1. The van der Waals surface area contributed by atoms with Crippen molar-refractivity contribution in [1.29, 1.82) is 0 Å². The Morgan fingerprint density at radius 1 is 1.31 bits per heavy atom. The lowest BCUT2D eigenvalue weighted by Crippen LogP contribution is -2.43. The molecule has 0 N–H and O–H groups in total. The molecule has 0 spiro atoms. The molecule has 152 valence electrons. The zero-order valence-corrected chi connectivity index (χ0v) is 18.1. The summed E-state index contributed by atoms with van der Waals surface area (Å²) < 4.78 is 7.63. The summed E-state index contributed by atoms with van der Waals surface area (Å²) in [6.07, 6.45) is 3.26. The first-order valence-electron chi connectivity index (χ1n) is 9.66. The van der Waals surface area contributed by atoms with E-state index in [0.717, 1.165) is 19.4 Å². The molecule has 1 amide bonds. The molecule has 0 bridgehead atoms. The molecule has 3 aromatic rings. The SMILES string of the molecule is COc1ccccc1-n1c(SCC(=O)N2CCCCC2C)nc2ccsc2c1=O. The Hall–Kier alpha value is -2.32. The number of nitrogens with zero attached hydrogens (tertiary/aromatic N) is 3. The molecular weight excluding hydrogens is 406 g/mol. The number of aromatic nitrogens is 2. The molecule has 1 aromatic carbocycles. The lowest BCUT2D eigenvalue weighted by atomic mass is 10.0. The number of hydrogen-bond acceptors (Lipinski definition) is 6. The van der Waals surface area contributed by atoms with Crippen molar-refractivity contribution in [1.82, 2.24) is 14.5 Å². The van der Waals surface area contributed by atoms with Crippen molar-refractivity contribution >= 4 is 39.2 Å². The maximum Gasteiger partial charge on any atom is 0.276 e. The van der Waals surface area contributed by atoms with E-state index in [4.69, 9.17) is 9.72 Å². The van der Waals surface area contributed by atoms with E-state index in [1.807, 2.05) is 40.6 Å². The van der Waals surface area contributed by atoms with Crippen LogP contribution in [0.3, 0.4) is 0 Å². The van der Waals surface area contributed by atoms with Crippen molar-refractivity contribution in [3.63, 3.8) is 0 Å². The Balaban J connectivity index is 1.71. The van der Waals surface area contributed by atoms with Crippen LogP contribution in [0.4, 0.5) is 0 Å². The number of piperidine rings is 1. The molecule has 0 radical (unpaired) electrons. The number of para-hydroxylation sites is 2. The van der Waals surface area contributed by atoms with Crippen molar-refractivity contribution in [3.05, 3.63) is 46.1 Å². The quantitative estimate of drug-likeness (QED) is 0.454. The van der Waals surface area contributed by atoms with Crippen molar-refractivity contribution in [2.24, 2.45) is 0 Å². The number of ether oxygens (including phenoxy) is 1. The first-order chi connectivity index (χ1) is 14.1. The number of rotatable bonds is 5. The lowest BCUT2D eigenvalue weighted by Gasteiger charge is -2.33. The summed E-state index contributed by atoms with van der Waals surface area (Å²) in [6.45, 7) is 2.90. The Morgan fingerprint density at radius 2 is 2.14 bits per heavy atom. The van der Waals surface area contributed by atoms with E-state index in [1.54, 1.807) is 11.7 Å². The van der Waals surface area contributed by atoms with Crippen LogP contribution in [0, 0.1) is 0 Å². The van der Waals surface area contributed by atoms with Gasteiger partial charge >= 0.3 is 0 Å². The highest BCUT2D eigenvalue weighted by atomic mass is 32.2. The molecule has 8 heteroatoms. The van der Waals surface area contributed by atoms with E-state index in [0.29, 0.717) is 26.8 Å². The van der Waals surface area contributed by atoms with Crippen LogP contribution in [0.15, 0.2) is 45.7 Å². The highest BCUT2D eigenvalue weighted by molar-refractivity contribution is 7.99. The van der Waals surface area contributed by atoms with Crippen LogP contribution in [-0.2, 0) is 4.79 Å².